The van der Waals surface area contributed by atoms with Crippen LogP contribution in [-0.2, 0) is 14.4 Å². The highest BCUT2D eigenvalue weighted by molar-refractivity contribution is 6.27. The van der Waals surface area contributed by atoms with Crippen LogP contribution < -0.4 is 0 Å². The van der Waals surface area contributed by atoms with Gasteiger partial charge in [0.1, 0.15) is 5.78 Å². The zero-order chi connectivity index (χ0) is 13.3. The maximum Gasteiger partial charge on any atom is 0.260 e. The van der Waals surface area contributed by atoms with E-state index in [-0.39, 0.29) is 6.54 Å². The predicted octanol–water partition coefficient (Wildman–Crippen LogP) is 0.443. The normalized spacial score (nSPS) is 19.2. The van der Waals surface area contributed by atoms with Crippen LogP contribution in [0.2, 0.25) is 0 Å². The first-order valence-electron chi connectivity index (χ1n) is 5.46. The van der Waals surface area contributed by atoms with Crippen LogP contribution in [0.25, 0.3) is 0 Å². The summed E-state index contributed by atoms with van der Waals surface area (Å²) in [6.07, 6.45) is 0. The lowest BCUT2D eigenvalue weighted by Gasteiger charge is -2.12. The largest absolute Gasteiger partial charge is 0.299 e. The number of carbonyl (C=O) groups excluding carboxylic acids is 4. The minimum atomic E-state index is -1.31. The summed E-state index contributed by atoms with van der Waals surface area (Å²) in [6, 6.07) is 8.19. The number of ketones is 2. The van der Waals surface area contributed by atoms with Crippen molar-refractivity contribution in [3.63, 3.8) is 0 Å². The van der Waals surface area contributed by atoms with Crippen molar-refractivity contribution in [1.29, 1.82) is 0 Å². The summed E-state index contributed by atoms with van der Waals surface area (Å²) in [4.78, 5) is 47.4. The fourth-order valence-electron chi connectivity index (χ4n) is 1.93. The van der Waals surface area contributed by atoms with E-state index in [4.69, 9.17) is 0 Å². The van der Waals surface area contributed by atoms with E-state index in [1.807, 2.05) is 0 Å². The molecule has 2 rings (SSSR count). The van der Waals surface area contributed by atoms with Gasteiger partial charge in [-0.15, -0.1) is 0 Å². The molecule has 1 aromatic rings. The molecule has 1 aliphatic heterocycles. The minimum absolute atomic E-state index is 0.322. The molecule has 1 saturated heterocycles. The Hall–Kier alpha value is -2.30. The molecule has 0 aliphatic carbocycles. The monoisotopic (exact) mass is 245 g/mol. The molecule has 1 aromatic carbocycles. The average Bonchev–Trinajstić information content (AvgIpc) is 2.65. The first-order valence-corrected chi connectivity index (χ1v) is 5.46. The van der Waals surface area contributed by atoms with E-state index in [1.54, 1.807) is 30.3 Å². The molecule has 5 nitrogen and oxygen atoms in total. The van der Waals surface area contributed by atoms with E-state index in [0.29, 0.717) is 5.56 Å². The number of Topliss-reactive ketones (excluding diaryl/α,β-unsaturated/α-hetero) is 2. The van der Waals surface area contributed by atoms with E-state index in [0.717, 1.165) is 4.90 Å². The Morgan fingerprint density at radius 1 is 1.17 bits per heavy atom. The van der Waals surface area contributed by atoms with Crippen LogP contribution in [0, 0.1) is 5.92 Å². The Balaban J connectivity index is 2.27. The summed E-state index contributed by atoms with van der Waals surface area (Å²) in [5.41, 5.74) is 0.322. The first kappa shape index (κ1) is 12.2. The van der Waals surface area contributed by atoms with E-state index in [1.165, 1.54) is 6.92 Å². The van der Waals surface area contributed by atoms with E-state index >= 15 is 0 Å². The molecule has 1 heterocycles. The topological polar surface area (TPSA) is 71.5 Å². The standard InChI is InChI=1S/C13H11NO4/c1-8(15)11-10(16)7-14(13(11)18)12(17)9-5-3-2-4-6-9/h2-6,11H,7H2,1H3. The number of likely N-dealkylation sites (tertiary alicyclic amines) is 1. The Kier molecular flexibility index (Phi) is 3.06. The molecule has 18 heavy (non-hydrogen) atoms. The lowest BCUT2D eigenvalue weighted by atomic mass is 10.0. The van der Waals surface area contributed by atoms with Crippen molar-refractivity contribution in [2.75, 3.05) is 6.54 Å². The minimum Gasteiger partial charge on any atom is -0.299 e. The van der Waals surface area contributed by atoms with Gasteiger partial charge in [-0.05, 0) is 19.1 Å². The van der Waals surface area contributed by atoms with Crippen molar-refractivity contribution in [3.05, 3.63) is 35.9 Å². The fourth-order valence-corrected chi connectivity index (χ4v) is 1.93. The zero-order valence-corrected chi connectivity index (χ0v) is 9.75. The summed E-state index contributed by atoms with van der Waals surface area (Å²) in [7, 11) is 0. The van der Waals surface area contributed by atoms with Crippen LogP contribution in [0.1, 0.15) is 17.3 Å². The van der Waals surface area contributed by atoms with Crippen LogP contribution in [0.15, 0.2) is 30.3 Å². The van der Waals surface area contributed by atoms with Crippen molar-refractivity contribution in [3.8, 4) is 0 Å². The van der Waals surface area contributed by atoms with Crippen LogP contribution in [0.3, 0.4) is 0 Å². The maximum absolute atomic E-state index is 12.0. The number of imide groups is 1. The molecular formula is C13H11NO4. The quantitative estimate of drug-likeness (QED) is 0.560. The van der Waals surface area contributed by atoms with E-state index in [2.05, 4.69) is 0 Å². The summed E-state index contributed by atoms with van der Waals surface area (Å²) in [5, 5.41) is 0. The van der Waals surface area contributed by atoms with Crippen molar-refractivity contribution in [1.82, 2.24) is 4.90 Å². The van der Waals surface area contributed by atoms with Gasteiger partial charge in [0.25, 0.3) is 5.91 Å². The second-order valence-corrected chi connectivity index (χ2v) is 4.11. The Morgan fingerprint density at radius 3 is 2.28 bits per heavy atom. The van der Waals surface area contributed by atoms with Crippen molar-refractivity contribution < 1.29 is 19.2 Å². The smallest absolute Gasteiger partial charge is 0.260 e. The van der Waals surface area contributed by atoms with Crippen molar-refractivity contribution in [2.45, 2.75) is 6.92 Å². The van der Waals surface area contributed by atoms with Gasteiger partial charge in [-0.2, -0.15) is 0 Å². The van der Waals surface area contributed by atoms with E-state index < -0.39 is 29.3 Å². The highest BCUT2D eigenvalue weighted by atomic mass is 16.2. The predicted molar refractivity (Wildman–Crippen MR) is 61.7 cm³/mol. The van der Waals surface area contributed by atoms with Crippen LogP contribution in [-0.4, -0.2) is 34.8 Å². The zero-order valence-electron chi connectivity index (χ0n) is 9.75. The van der Waals surface area contributed by atoms with Gasteiger partial charge in [0.2, 0.25) is 5.91 Å². The number of nitrogens with zero attached hydrogens (tertiary/aromatic N) is 1. The van der Waals surface area contributed by atoms with Gasteiger partial charge >= 0.3 is 0 Å². The molecule has 2 amide bonds. The third kappa shape index (κ3) is 1.95. The molecule has 0 N–H and O–H groups in total. The van der Waals surface area contributed by atoms with Gasteiger partial charge in [0.05, 0.1) is 6.54 Å². The molecular weight excluding hydrogens is 234 g/mol. The summed E-state index contributed by atoms with van der Waals surface area (Å²) in [5.74, 6) is -3.61. The van der Waals surface area contributed by atoms with Crippen LogP contribution >= 0.6 is 0 Å². The number of hydrogen-bond acceptors (Lipinski definition) is 4. The fraction of sp³-hybridized carbons (Fsp3) is 0.231. The third-order valence-electron chi connectivity index (χ3n) is 2.82. The average molecular weight is 245 g/mol. The SMILES string of the molecule is CC(=O)C1C(=O)CN(C(=O)c2ccccc2)C1=O. The van der Waals surface area contributed by atoms with Crippen molar-refractivity contribution in [2.24, 2.45) is 5.92 Å². The maximum atomic E-state index is 12.0. The molecule has 0 radical (unpaired) electrons. The second kappa shape index (κ2) is 4.52. The Morgan fingerprint density at radius 2 is 1.78 bits per heavy atom. The second-order valence-electron chi connectivity index (χ2n) is 4.11. The van der Waals surface area contributed by atoms with Gasteiger partial charge in [0, 0.05) is 5.56 Å². The number of amides is 2. The molecule has 0 spiro atoms. The lowest BCUT2D eigenvalue weighted by Crippen LogP contribution is -2.35. The van der Waals surface area contributed by atoms with Gasteiger partial charge < -0.3 is 0 Å². The summed E-state index contributed by atoms with van der Waals surface area (Å²) >= 11 is 0. The van der Waals surface area contributed by atoms with Crippen LogP contribution in [0.5, 0.6) is 0 Å². The number of carbonyl (C=O) groups is 4. The highest BCUT2D eigenvalue weighted by Gasteiger charge is 2.44. The molecule has 1 fully saturated rings. The summed E-state index contributed by atoms with van der Waals surface area (Å²) in [6.45, 7) is 0.855. The molecule has 1 unspecified atom stereocenters. The van der Waals surface area contributed by atoms with Crippen LogP contribution in [0.4, 0.5) is 0 Å². The molecule has 0 bridgehead atoms. The number of benzene rings is 1. The molecule has 92 valence electrons. The number of rotatable bonds is 2. The molecule has 5 heteroatoms. The third-order valence-corrected chi connectivity index (χ3v) is 2.82. The summed E-state index contributed by atoms with van der Waals surface area (Å²) < 4.78 is 0. The van der Waals surface area contributed by atoms with Gasteiger partial charge in [-0.25, -0.2) is 0 Å². The van der Waals surface area contributed by atoms with Crippen molar-refractivity contribution >= 4 is 23.4 Å². The van der Waals surface area contributed by atoms with Gasteiger partial charge in [-0.1, -0.05) is 18.2 Å². The molecule has 1 aliphatic rings. The molecule has 0 aromatic heterocycles. The van der Waals surface area contributed by atoms with Gasteiger partial charge in [-0.3, -0.25) is 24.1 Å². The Labute approximate surface area is 103 Å². The van der Waals surface area contributed by atoms with E-state index in [9.17, 15) is 19.2 Å². The highest BCUT2D eigenvalue weighted by Crippen LogP contribution is 2.18. The Bertz CT molecular complexity index is 535. The molecule has 0 saturated carbocycles. The molecule has 1 atom stereocenters. The lowest BCUT2D eigenvalue weighted by molar-refractivity contribution is -0.137. The van der Waals surface area contributed by atoms with Gasteiger partial charge in [0.15, 0.2) is 11.7 Å². The number of hydrogen-bond donors (Lipinski definition) is 0. The first-order chi connectivity index (χ1) is 8.52.